The molecular weight excluding hydrogens is 452 g/mol. The van der Waals surface area contributed by atoms with Crippen LogP contribution in [0.4, 0.5) is 23.2 Å². The number of nitrogens with one attached hydrogen (secondary N) is 1. The Bertz CT molecular complexity index is 1210. The van der Waals surface area contributed by atoms with Gasteiger partial charge in [-0.2, -0.15) is 5.10 Å². The molecule has 0 radical (unpaired) electrons. The minimum Gasteiger partial charge on any atom is -0.369 e. The van der Waals surface area contributed by atoms with Gasteiger partial charge in [-0.25, -0.2) is 22.5 Å². The summed E-state index contributed by atoms with van der Waals surface area (Å²) < 4.78 is 64.2. The van der Waals surface area contributed by atoms with Gasteiger partial charge in [0.05, 0.1) is 35.8 Å². The number of hydrogen-bond donors (Lipinski definition) is 1. The Labute approximate surface area is 192 Å². The Morgan fingerprint density at radius 3 is 2.53 bits per heavy atom. The average molecular weight is 474 g/mol. The van der Waals surface area contributed by atoms with Crippen molar-refractivity contribution in [3.63, 3.8) is 0 Å². The number of pyridine rings is 1. The molecule has 2 aliphatic rings. The van der Waals surface area contributed by atoms with Crippen LogP contribution in [0.1, 0.15) is 60.4 Å². The van der Waals surface area contributed by atoms with E-state index in [0.717, 1.165) is 43.2 Å². The normalized spacial score (nSPS) is 20.7. The van der Waals surface area contributed by atoms with Crippen LogP contribution in [-0.2, 0) is 4.74 Å². The third-order valence-corrected chi connectivity index (χ3v) is 6.02. The minimum atomic E-state index is -1.04. The molecule has 2 aromatic heterocycles. The topological polar surface area (TPSA) is 69.0 Å². The van der Waals surface area contributed by atoms with Crippen molar-refractivity contribution in [3.05, 3.63) is 65.4 Å². The molecule has 1 aliphatic heterocycles. The van der Waals surface area contributed by atoms with E-state index in [4.69, 9.17) is 4.74 Å². The van der Waals surface area contributed by atoms with Gasteiger partial charge in [-0.1, -0.05) is 6.07 Å². The number of carbonyl (C=O) groups excluding carboxylic acids is 1. The highest BCUT2D eigenvalue weighted by atomic mass is 19.1. The Balaban J connectivity index is 1.45. The molecule has 1 N–H and O–H groups in total. The average Bonchev–Trinajstić information content (AvgIpc) is 3.60. The van der Waals surface area contributed by atoms with Crippen LogP contribution in [-0.4, -0.2) is 33.5 Å². The number of anilines is 1. The zero-order chi connectivity index (χ0) is 23.8. The number of ether oxygens (including phenoxy) is 1. The lowest BCUT2D eigenvalue weighted by atomic mass is 10.1. The van der Waals surface area contributed by atoms with E-state index in [-0.39, 0.29) is 18.3 Å². The number of amides is 1. The lowest BCUT2D eigenvalue weighted by Gasteiger charge is -2.19. The molecule has 10 heteroatoms. The van der Waals surface area contributed by atoms with Crippen molar-refractivity contribution in [3.8, 4) is 11.3 Å². The molecule has 0 bridgehead atoms. The maximum atomic E-state index is 14.4. The molecule has 2 atom stereocenters. The number of alkyl halides is 1. The standard InChI is InChI=1S/C24H22F4N4O2/c25-13-3-1-6-20(34-12-13)23-19(11-29-32(23)14-7-8-14)31-24(33)18-10-9-17(28)22(30-18)21-15(26)4-2-5-16(21)27/h2,4-5,9-11,13-14,20H,1,3,6-8,12H2,(H,31,33). The summed E-state index contributed by atoms with van der Waals surface area (Å²) in [5, 5.41) is 7.12. The summed E-state index contributed by atoms with van der Waals surface area (Å²) in [6.07, 6.45) is 3.51. The van der Waals surface area contributed by atoms with Crippen LogP contribution in [0.2, 0.25) is 0 Å². The highest BCUT2D eigenvalue weighted by Crippen LogP contribution is 2.41. The SMILES string of the molecule is O=C(Nc1cnn(C2CC2)c1C1CCCC(F)CO1)c1ccc(F)c(-c2c(F)cccc2F)n1. The summed E-state index contributed by atoms with van der Waals surface area (Å²) in [6, 6.07) is 5.39. The molecule has 3 heterocycles. The Morgan fingerprint density at radius 1 is 1.03 bits per heavy atom. The van der Waals surface area contributed by atoms with Gasteiger partial charge in [-0.15, -0.1) is 0 Å². The highest BCUT2D eigenvalue weighted by Gasteiger charge is 2.33. The molecule has 34 heavy (non-hydrogen) atoms. The lowest BCUT2D eigenvalue weighted by molar-refractivity contribution is 0.0259. The Morgan fingerprint density at radius 2 is 1.79 bits per heavy atom. The first-order chi connectivity index (χ1) is 16.4. The van der Waals surface area contributed by atoms with Gasteiger partial charge in [-0.3, -0.25) is 9.48 Å². The number of aromatic nitrogens is 3. The molecular formula is C24H22F4N4O2. The largest absolute Gasteiger partial charge is 0.369 e. The fraction of sp³-hybridized carbons (Fsp3) is 0.375. The fourth-order valence-electron chi connectivity index (χ4n) is 4.18. The first-order valence-corrected chi connectivity index (χ1v) is 11.2. The van der Waals surface area contributed by atoms with E-state index in [2.05, 4.69) is 15.4 Å². The molecule has 178 valence electrons. The second kappa shape index (κ2) is 9.17. The number of nitrogens with zero attached hydrogens (tertiary/aromatic N) is 3. The number of benzene rings is 1. The van der Waals surface area contributed by atoms with Gasteiger partial charge in [0, 0.05) is 0 Å². The molecule has 1 saturated heterocycles. The monoisotopic (exact) mass is 474 g/mol. The van der Waals surface area contributed by atoms with E-state index in [1.165, 1.54) is 6.20 Å². The van der Waals surface area contributed by atoms with Crippen LogP contribution in [0.25, 0.3) is 11.3 Å². The number of carbonyl (C=O) groups is 1. The molecule has 1 saturated carbocycles. The maximum Gasteiger partial charge on any atom is 0.274 e. The Hall–Kier alpha value is -3.27. The van der Waals surface area contributed by atoms with Crippen molar-refractivity contribution in [2.45, 2.75) is 50.4 Å². The lowest BCUT2D eigenvalue weighted by Crippen LogP contribution is -2.18. The van der Waals surface area contributed by atoms with Crippen molar-refractivity contribution in [2.24, 2.45) is 0 Å². The van der Waals surface area contributed by atoms with Crippen LogP contribution in [0.3, 0.4) is 0 Å². The first-order valence-electron chi connectivity index (χ1n) is 11.2. The second-order valence-electron chi connectivity index (χ2n) is 8.55. The summed E-state index contributed by atoms with van der Waals surface area (Å²) in [7, 11) is 0. The zero-order valence-corrected chi connectivity index (χ0v) is 18.1. The van der Waals surface area contributed by atoms with Crippen LogP contribution >= 0.6 is 0 Å². The van der Waals surface area contributed by atoms with Crippen molar-refractivity contribution < 1.29 is 27.1 Å². The quantitative estimate of drug-likeness (QED) is 0.494. The molecule has 5 rings (SSSR count). The molecule has 0 spiro atoms. The van der Waals surface area contributed by atoms with E-state index in [9.17, 15) is 22.4 Å². The third kappa shape index (κ3) is 4.42. The summed E-state index contributed by atoms with van der Waals surface area (Å²) >= 11 is 0. The molecule has 1 aromatic carbocycles. The summed E-state index contributed by atoms with van der Waals surface area (Å²) in [4.78, 5) is 16.9. The molecule has 3 aromatic rings. The van der Waals surface area contributed by atoms with Crippen LogP contribution in [0, 0.1) is 17.5 Å². The van der Waals surface area contributed by atoms with E-state index >= 15 is 0 Å². The predicted molar refractivity (Wildman–Crippen MR) is 115 cm³/mol. The van der Waals surface area contributed by atoms with Crippen LogP contribution in [0.15, 0.2) is 36.5 Å². The molecule has 1 aliphatic carbocycles. The maximum absolute atomic E-state index is 14.4. The van der Waals surface area contributed by atoms with Gasteiger partial charge < -0.3 is 10.1 Å². The van der Waals surface area contributed by atoms with Crippen LogP contribution < -0.4 is 5.32 Å². The third-order valence-electron chi connectivity index (χ3n) is 6.02. The van der Waals surface area contributed by atoms with Gasteiger partial charge in [-0.05, 0) is 56.4 Å². The summed E-state index contributed by atoms with van der Waals surface area (Å²) in [5.74, 6) is -3.65. The van der Waals surface area contributed by atoms with E-state index < -0.39 is 46.9 Å². The number of hydrogen-bond acceptors (Lipinski definition) is 4. The predicted octanol–water partition coefficient (Wildman–Crippen LogP) is 5.53. The number of halogens is 4. The Kier molecular flexibility index (Phi) is 6.07. The van der Waals surface area contributed by atoms with E-state index in [1.54, 1.807) is 4.68 Å². The fourth-order valence-corrected chi connectivity index (χ4v) is 4.18. The zero-order valence-electron chi connectivity index (χ0n) is 18.1. The molecule has 2 unspecified atom stereocenters. The van der Waals surface area contributed by atoms with Gasteiger partial charge >= 0.3 is 0 Å². The summed E-state index contributed by atoms with van der Waals surface area (Å²) in [6.45, 7) is -0.0367. The van der Waals surface area contributed by atoms with Crippen LogP contribution in [0.5, 0.6) is 0 Å². The molecule has 6 nitrogen and oxygen atoms in total. The number of rotatable bonds is 5. The minimum absolute atomic E-state index is 0.0367. The smallest absolute Gasteiger partial charge is 0.274 e. The molecule has 2 fully saturated rings. The van der Waals surface area contributed by atoms with Crippen molar-refractivity contribution >= 4 is 11.6 Å². The van der Waals surface area contributed by atoms with Crippen molar-refractivity contribution in [1.29, 1.82) is 0 Å². The van der Waals surface area contributed by atoms with E-state index in [0.29, 0.717) is 30.6 Å². The summed E-state index contributed by atoms with van der Waals surface area (Å²) in [5.41, 5.74) is -0.450. The van der Waals surface area contributed by atoms with Crippen molar-refractivity contribution in [1.82, 2.24) is 14.8 Å². The van der Waals surface area contributed by atoms with Gasteiger partial charge in [0.1, 0.15) is 41.1 Å². The van der Waals surface area contributed by atoms with Gasteiger partial charge in [0.15, 0.2) is 0 Å². The van der Waals surface area contributed by atoms with Gasteiger partial charge in [0.2, 0.25) is 0 Å². The van der Waals surface area contributed by atoms with Gasteiger partial charge in [0.25, 0.3) is 5.91 Å². The van der Waals surface area contributed by atoms with Crippen molar-refractivity contribution in [2.75, 3.05) is 11.9 Å². The second-order valence-corrected chi connectivity index (χ2v) is 8.55. The van der Waals surface area contributed by atoms with E-state index in [1.807, 2.05) is 0 Å². The molecule has 1 amide bonds. The highest BCUT2D eigenvalue weighted by molar-refractivity contribution is 6.03. The first kappa shape index (κ1) is 22.5.